The zero-order valence-corrected chi connectivity index (χ0v) is 8.03. The van der Waals surface area contributed by atoms with E-state index < -0.39 is 11.8 Å². The molecule has 0 spiro atoms. The Morgan fingerprint density at radius 1 is 1.20 bits per heavy atom. The molecule has 0 fully saturated rings. The van der Waals surface area contributed by atoms with Crippen molar-refractivity contribution in [2.75, 3.05) is 0 Å². The van der Waals surface area contributed by atoms with Gasteiger partial charge in [0, 0.05) is 23.1 Å². The van der Waals surface area contributed by atoms with E-state index in [1.165, 1.54) is 19.1 Å². The highest BCUT2D eigenvalue weighted by atomic mass is 16.3. The molecule has 1 rings (SSSR count). The minimum atomic E-state index is -0.552. The third-order valence-corrected chi connectivity index (χ3v) is 1.63. The summed E-state index contributed by atoms with van der Waals surface area (Å²) in [4.78, 5) is 32.4. The van der Waals surface area contributed by atoms with E-state index in [1.807, 2.05) is 0 Å². The Morgan fingerprint density at radius 2 is 1.87 bits per heavy atom. The molecule has 0 radical (unpaired) electrons. The van der Waals surface area contributed by atoms with Gasteiger partial charge in [-0.25, -0.2) is 0 Å². The number of carbonyl (C=O) groups is 2. The van der Waals surface area contributed by atoms with Crippen molar-refractivity contribution in [1.29, 1.82) is 0 Å². The van der Waals surface area contributed by atoms with Crippen molar-refractivity contribution in [3.8, 4) is 0 Å². The number of benzene rings is 1. The number of amides is 2. The zero-order valence-electron chi connectivity index (χ0n) is 8.03. The summed E-state index contributed by atoms with van der Waals surface area (Å²) in [6.45, 7) is 1.26. The van der Waals surface area contributed by atoms with Gasteiger partial charge in [0.1, 0.15) is 5.56 Å². The first-order valence-electron chi connectivity index (χ1n) is 4.19. The Balaban J connectivity index is 2.81. The second kappa shape index (κ2) is 4.85. The molecule has 0 aromatic heterocycles. The van der Waals surface area contributed by atoms with E-state index in [0.717, 1.165) is 0 Å². The van der Waals surface area contributed by atoms with E-state index >= 15 is 0 Å². The standard InChI is InChI=1S/C9H9N3O3/c1-6(13)10-11-9(14)7-4-2-3-5-8(7)12-15/h2-5H,1H3,(H,10,13)(H,11,14)/p+1. The molecule has 0 atom stereocenters. The van der Waals surface area contributed by atoms with Crippen LogP contribution >= 0.6 is 0 Å². The van der Waals surface area contributed by atoms with Crippen LogP contribution in [0.3, 0.4) is 0 Å². The molecule has 15 heavy (non-hydrogen) atoms. The molecule has 6 heteroatoms. The number of hydrogen-bond acceptors (Lipinski definition) is 3. The first-order valence-corrected chi connectivity index (χ1v) is 4.19. The van der Waals surface area contributed by atoms with Crippen LogP contribution in [-0.2, 0) is 4.79 Å². The molecule has 0 saturated carbocycles. The summed E-state index contributed by atoms with van der Waals surface area (Å²) in [7, 11) is 0. The van der Waals surface area contributed by atoms with Crippen molar-refractivity contribution in [1.82, 2.24) is 10.9 Å². The SMILES string of the molecule is CC(=O)NNC(=O)c1ccccc1[NH+]=O. The molecule has 78 valence electrons. The topological polar surface area (TPSA) is 89.2 Å². The lowest BCUT2D eigenvalue weighted by Gasteiger charge is -2.03. The molecule has 6 nitrogen and oxygen atoms in total. The van der Waals surface area contributed by atoms with Gasteiger partial charge in [-0.2, -0.15) is 0 Å². The molecule has 0 saturated heterocycles. The number of nitroso groups, excluding NO2 is 1. The number of carbonyl (C=O) groups excluding carboxylic acids is 2. The Bertz CT molecular complexity index is 403. The van der Waals surface area contributed by atoms with Gasteiger partial charge >= 0.3 is 0 Å². The summed E-state index contributed by atoms with van der Waals surface area (Å²) in [5.74, 6) is -0.944. The van der Waals surface area contributed by atoms with Crippen molar-refractivity contribution < 1.29 is 14.8 Å². The molecule has 0 heterocycles. The lowest BCUT2D eigenvalue weighted by molar-refractivity contribution is -0.379. The molecule has 0 aliphatic heterocycles. The van der Waals surface area contributed by atoms with Crippen LogP contribution in [0.4, 0.5) is 5.69 Å². The number of hydrazine groups is 1. The van der Waals surface area contributed by atoms with E-state index in [2.05, 4.69) is 10.9 Å². The number of rotatable bonds is 2. The number of nitrogens with one attached hydrogen (secondary N) is 3. The van der Waals surface area contributed by atoms with Gasteiger partial charge in [-0.1, -0.05) is 12.1 Å². The summed E-state index contributed by atoms with van der Waals surface area (Å²) in [5.41, 5.74) is 4.60. The van der Waals surface area contributed by atoms with Crippen molar-refractivity contribution >= 4 is 17.5 Å². The third-order valence-electron chi connectivity index (χ3n) is 1.63. The summed E-state index contributed by atoms with van der Waals surface area (Å²) < 4.78 is 0. The lowest BCUT2D eigenvalue weighted by Crippen LogP contribution is -2.57. The first kappa shape index (κ1) is 10.8. The fourth-order valence-electron chi connectivity index (χ4n) is 0.982. The van der Waals surface area contributed by atoms with Crippen LogP contribution in [0.5, 0.6) is 0 Å². The molecule has 2 amide bonds. The van der Waals surface area contributed by atoms with Gasteiger partial charge in [0.15, 0.2) is 0 Å². The Hall–Kier alpha value is -2.24. The maximum Gasteiger partial charge on any atom is 0.276 e. The second-order valence-electron chi connectivity index (χ2n) is 2.78. The fourth-order valence-corrected chi connectivity index (χ4v) is 0.982. The van der Waals surface area contributed by atoms with Crippen LogP contribution in [0.1, 0.15) is 17.3 Å². The van der Waals surface area contributed by atoms with Crippen LogP contribution in [0.25, 0.3) is 0 Å². The molecule has 1 aromatic rings. The van der Waals surface area contributed by atoms with Crippen LogP contribution < -0.4 is 16.0 Å². The van der Waals surface area contributed by atoms with Gasteiger partial charge < -0.3 is 0 Å². The highest BCUT2D eigenvalue weighted by Crippen LogP contribution is 2.07. The smallest absolute Gasteiger partial charge is 0.274 e. The summed E-state index contributed by atoms with van der Waals surface area (Å²) >= 11 is 0. The summed E-state index contributed by atoms with van der Waals surface area (Å²) in [6, 6.07) is 6.17. The van der Waals surface area contributed by atoms with Crippen LogP contribution in [-0.4, -0.2) is 11.8 Å². The average molecular weight is 208 g/mol. The predicted molar refractivity (Wildman–Crippen MR) is 51.7 cm³/mol. The van der Waals surface area contributed by atoms with E-state index in [1.54, 1.807) is 17.3 Å². The Morgan fingerprint density at radius 3 is 2.47 bits per heavy atom. The Kier molecular flexibility index (Phi) is 3.50. The monoisotopic (exact) mass is 208 g/mol. The number of para-hydroxylation sites is 1. The molecule has 0 aliphatic rings. The van der Waals surface area contributed by atoms with Crippen LogP contribution in [0, 0.1) is 4.91 Å². The first-order chi connectivity index (χ1) is 7.15. The van der Waals surface area contributed by atoms with Crippen molar-refractivity contribution in [2.45, 2.75) is 6.92 Å². The maximum absolute atomic E-state index is 11.4. The largest absolute Gasteiger partial charge is 0.276 e. The van der Waals surface area contributed by atoms with Gasteiger partial charge in [0.25, 0.3) is 11.6 Å². The van der Waals surface area contributed by atoms with Crippen molar-refractivity contribution in [3.63, 3.8) is 0 Å². The van der Waals surface area contributed by atoms with Gasteiger partial charge in [-0.15, -0.1) is 0 Å². The van der Waals surface area contributed by atoms with E-state index in [-0.39, 0.29) is 11.3 Å². The molecular weight excluding hydrogens is 198 g/mol. The normalized spacial score (nSPS) is 9.13. The predicted octanol–water partition coefficient (Wildman–Crippen LogP) is -1.05. The second-order valence-corrected chi connectivity index (χ2v) is 2.78. The molecular formula is C9H10N3O3+. The van der Waals surface area contributed by atoms with E-state index in [4.69, 9.17) is 0 Å². The summed E-state index contributed by atoms with van der Waals surface area (Å²) in [5, 5.41) is 1.64. The van der Waals surface area contributed by atoms with Crippen molar-refractivity contribution in [3.05, 3.63) is 34.7 Å². The van der Waals surface area contributed by atoms with Crippen LogP contribution in [0.15, 0.2) is 24.3 Å². The number of hydrogen-bond donors (Lipinski definition) is 3. The van der Waals surface area contributed by atoms with E-state index in [0.29, 0.717) is 0 Å². The highest BCUT2D eigenvalue weighted by molar-refractivity contribution is 5.98. The quantitative estimate of drug-likeness (QED) is 0.541. The van der Waals surface area contributed by atoms with Crippen LogP contribution in [0.2, 0.25) is 0 Å². The van der Waals surface area contributed by atoms with Gasteiger partial charge in [0.05, 0.1) is 0 Å². The van der Waals surface area contributed by atoms with Gasteiger partial charge in [-0.05, 0) is 6.07 Å². The highest BCUT2D eigenvalue weighted by Gasteiger charge is 2.15. The molecule has 0 bridgehead atoms. The molecule has 3 N–H and O–H groups in total. The Labute approximate surface area is 85.6 Å². The molecule has 1 aromatic carbocycles. The maximum atomic E-state index is 11.4. The molecule has 0 unspecified atom stereocenters. The average Bonchev–Trinajstić information content (AvgIpc) is 2.25. The zero-order chi connectivity index (χ0) is 11.3. The van der Waals surface area contributed by atoms with Crippen molar-refractivity contribution in [2.24, 2.45) is 0 Å². The minimum absolute atomic E-state index is 0.153. The summed E-state index contributed by atoms with van der Waals surface area (Å²) in [6.07, 6.45) is 0. The van der Waals surface area contributed by atoms with Gasteiger partial charge in [0.2, 0.25) is 5.91 Å². The van der Waals surface area contributed by atoms with Gasteiger partial charge in [-0.3, -0.25) is 20.4 Å². The minimum Gasteiger partial charge on any atom is -0.274 e. The molecule has 0 aliphatic carbocycles. The van der Waals surface area contributed by atoms with E-state index in [9.17, 15) is 14.5 Å². The lowest BCUT2D eigenvalue weighted by atomic mass is 10.2. The fraction of sp³-hybridized carbons (Fsp3) is 0.111. The third kappa shape index (κ3) is 2.87.